The van der Waals surface area contributed by atoms with Crippen molar-refractivity contribution in [3.63, 3.8) is 0 Å². The van der Waals surface area contributed by atoms with Crippen LogP contribution in [0.1, 0.15) is 24.1 Å². The number of hydrogen-bond acceptors (Lipinski definition) is 2. The second kappa shape index (κ2) is 4.60. The minimum absolute atomic E-state index is 0.294. The number of hydrogen-bond donors (Lipinski definition) is 1. The Hall–Kier alpha value is -0.120. The molecule has 1 aromatic heterocycles. The minimum Gasteiger partial charge on any atom is -0.324 e. The van der Waals surface area contributed by atoms with E-state index in [1.54, 1.807) is 0 Å². The van der Waals surface area contributed by atoms with Gasteiger partial charge in [0.1, 0.15) is 0 Å². The molecular formula is C11H14BrNS. The first-order valence-corrected chi connectivity index (χ1v) is 6.54. The average Bonchev–Trinajstić information content (AvgIpc) is 2.51. The summed E-state index contributed by atoms with van der Waals surface area (Å²) in [5.74, 6) is 0. The van der Waals surface area contributed by atoms with E-state index in [0.717, 1.165) is 12.8 Å². The zero-order valence-electron chi connectivity index (χ0n) is 8.00. The number of thiophene rings is 1. The summed E-state index contributed by atoms with van der Waals surface area (Å²) < 4.78 is 1.22. The largest absolute Gasteiger partial charge is 0.324 e. The third-order valence-electron chi connectivity index (χ3n) is 2.52. The molecule has 1 unspecified atom stereocenters. The standard InChI is InChI=1S/C11H14BrNS/c12-11-5-4-10(14-11)7-8-2-1-3-9(13)6-8/h4-6,9H,1-3,7,13H2. The first kappa shape index (κ1) is 10.4. The smallest absolute Gasteiger partial charge is 0.0701 e. The molecule has 0 aromatic carbocycles. The molecule has 0 aliphatic heterocycles. The molecule has 3 heteroatoms. The van der Waals surface area contributed by atoms with Gasteiger partial charge in [0.05, 0.1) is 3.79 Å². The van der Waals surface area contributed by atoms with Gasteiger partial charge in [-0.2, -0.15) is 0 Å². The Morgan fingerprint density at radius 1 is 1.50 bits per heavy atom. The fourth-order valence-corrected chi connectivity index (χ4v) is 3.39. The normalized spacial score (nSPS) is 22.1. The predicted molar refractivity (Wildman–Crippen MR) is 65.6 cm³/mol. The van der Waals surface area contributed by atoms with Crippen molar-refractivity contribution >= 4 is 27.3 Å². The summed E-state index contributed by atoms with van der Waals surface area (Å²) in [6, 6.07) is 4.60. The number of nitrogens with two attached hydrogens (primary N) is 1. The van der Waals surface area contributed by atoms with E-state index in [4.69, 9.17) is 5.73 Å². The fraction of sp³-hybridized carbons (Fsp3) is 0.455. The third kappa shape index (κ3) is 2.69. The molecule has 1 aliphatic carbocycles. The number of allylic oxidation sites excluding steroid dienone is 1. The molecule has 14 heavy (non-hydrogen) atoms. The molecule has 1 nitrogen and oxygen atoms in total. The molecule has 1 aromatic rings. The highest BCUT2D eigenvalue weighted by atomic mass is 79.9. The van der Waals surface area contributed by atoms with Crippen molar-refractivity contribution in [1.29, 1.82) is 0 Å². The van der Waals surface area contributed by atoms with Gasteiger partial charge >= 0.3 is 0 Å². The number of rotatable bonds is 2. The molecule has 0 radical (unpaired) electrons. The molecule has 1 aliphatic rings. The maximum Gasteiger partial charge on any atom is 0.0701 e. The summed E-state index contributed by atoms with van der Waals surface area (Å²) in [5, 5.41) is 0. The van der Waals surface area contributed by atoms with Crippen molar-refractivity contribution < 1.29 is 0 Å². The van der Waals surface area contributed by atoms with Crippen molar-refractivity contribution in [2.45, 2.75) is 31.7 Å². The van der Waals surface area contributed by atoms with Crippen molar-refractivity contribution in [3.05, 3.63) is 32.4 Å². The van der Waals surface area contributed by atoms with E-state index < -0.39 is 0 Å². The number of halogens is 1. The summed E-state index contributed by atoms with van der Waals surface area (Å²) in [6.07, 6.45) is 6.96. The summed E-state index contributed by atoms with van der Waals surface area (Å²) in [7, 11) is 0. The van der Waals surface area contributed by atoms with Crippen LogP contribution in [-0.2, 0) is 6.42 Å². The van der Waals surface area contributed by atoms with Crippen LogP contribution in [-0.4, -0.2) is 6.04 Å². The zero-order valence-corrected chi connectivity index (χ0v) is 10.4. The predicted octanol–water partition coefficient (Wildman–Crippen LogP) is 3.49. The molecule has 2 rings (SSSR count). The van der Waals surface area contributed by atoms with Crippen LogP contribution in [0.15, 0.2) is 27.6 Å². The fourth-order valence-electron chi connectivity index (χ4n) is 1.85. The second-order valence-corrected chi connectivity index (χ2v) is 6.31. The van der Waals surface area contributed by atoms with E-state index in [-0.39, 0.29) is 0 Å². The Balaban J connectivity index is 2.03. The van der Waals surface area contributed by atoms with Crippen molar-refractivity contribution in [1.82, 2.24) is 0 Å². The summed E-state index contributed by atoms with van der Waals surface area (Å²) in [6.45, 7) is 0. The van der Waals surface area contributed by atoms with Gasteiger partial charge < -0.3 is 5.73 Å². The molecule has 1 atom stereocenters. The Bertz CT molecular complexity index is 343. The van der Waals surface area contributed by atoms with Crippen LogP contribution >= 0.6 is 27.3 Å². The topological polar surface area (TPSA) is 26.0 Å². The third-order valence-corrected chi connectivity index (χ3v) is 4.14. The average molecular weight is 272 g/mol. The van der Waals surface area contributed by atoms with Crippen molar-refractivity contribution in [2.75, 3.05) is 0 Å². The maximum atomic E-state index is 5.90. The van der Waals surface area contributed by atoms with Gasteiger partial charge in [-0.3, -0.25) is 0 Å². The summed E-state index contributed by atoms with van der Waals surface area (Å²) in [4.78, 5) is 1.43. The van der Waals surface area contributed by atoms with Gasteiger partial charge in [-0.15, -0.1) is 11.3 Å². The lowest BCUT2D eigenvalue weighted by Crippen LogP contribution is -2.20. The monoisotopic (exact) mass is 271 g/mol. The van der Waals surface area contributed by atoms with Crippen LogP contribution in [0.5, 0.6) is 0 Å². The first-order valence-electron chi connectivity index (χ1n) is 4.93. The van der Waals surface area contributed by atoms with Crippen LogP contribution in [0.3, 0.4) is 0 Å². The van der Waals surface area contributed by atoms with Gasteiger partial charge in [0.2, 0.25) is 0 Å². The highest BCUT2D eigenvalue weighted by molar-refractivity contribution is 9.11. The Morgan fingerprint density at radius 2 is 2.36 bits per heavy atom. The van der Waals surface area contributed by atoms with E-state index >= 15 is 0 Å². The zero-order chi connectivity index (χ0) is 9.97. The van der Waals surface area contributed by atoms with E-state index in [1.165, 1.54) is 27.1 Å². The van der Waals surface area contributed by atoms with Crippen LogP contribution in [0.25, 0.3) is 0 Å². The van der Waals surface area contributed by atoms with Gasteiger partial charge in [0, 0.05) is 17.3 Å². The van der Waals surface area contributed by atoms with Gasteiger partial charge in [-0.1, -0.05) is 11.6 Å². The highest BCUT2D eigenvalue weighted by Gasteiger charge is 2.10. The summed E-state index contributed by atoms with van der Waals surface area (Å²) in [5.41, 5.74) is 7.41. The Kier molecular flexibility index (Phi) is 3.42. The SMILES string of the molecule is NC1C=C(Cc2ccc(Br)s2)CCC1. The minimum atomic E-state index is 0.294. The quantitative estimate of drug-likeness (QED) is 0.819. The lowest BCUT2D eigenvalue weighted by atomic mass is 9.94. The van der Waals surface area contributed by atoms with Gasteiger partial charge in [0.25, 0.3) is 0 Å². The van der Waals surface area contributed by atoms with Crippen molar-refractivity contribution in [3.8, 4) is 0 Å². The molecule has 0 bridgehead atoms. The molecule has 76 valence electrons. The van der Waals surface area contributed by atoms with Crippen LogP contribution in [0, 0.1) is 0 Å². The second-order valence-electron chi connectivity index (χ2n) is 3.76. The van der Waals surface area contributed by atoms with Gasteiger partial charge in [-0.25, -0.2) is 0 Å². The maximum absolute atomic E-state index is 5.90. The molecule has 2 N–H and O–H groups in total. The van der Waals surface area contributed by atoms with E-state index in [1.807, 2.05) is 11.3 Å². The lowest BCUT2D eigenvalue weighted by Gasteiger charge is -2.17. The van der Waals surface area contributed by atoms with Crippen LogP contribution in [0.2, 0.25) is 0 Å². The first-order chi connectivity index (χ1) is 6.74. The molecule has 0 fully saturated rings. The van der Waals surface area contributed by atoms with Gasteiger partial charge in [0.15, 0.2) is 0 Å². The molecule has 0 amide bonds. The van der Waals surface area contributed by atoms with Gasteiger partial charge in [-0.05, 0) is 47.3 Å². The molecule has 1 heterocycles. The Morgan fingerprint density at radius 3 is 3.00 bits per heavy atom. The molecule has 0 saturated heterocycles. The molecule has 0 saturated carbocycles. The molecule has 0 spiro atoms. The van der Waals surface area contributed by atoms with Crippen molar-refractivity contribution in [2.24, 2.45) is 5.73 Å². The van der Waals surface area contributed by atoms with Crippen LogP contribution in [0.4, 0.5) is 0 Å². The highest BCUT2D eigenvalue weighted by Crippen LogP contribution is 2.27. The lowest BCUT2D eigenvalue weighted by molar-refractivity contribution is 0.618. The van der Waals surface area contributed by atoms with E-state index in [0.29, 0.717) is 6.04 Å². The molecular weight excluding hydrogens is 258 g/mol. The van der Waals surface area contributed by atoms with E-state index in [2.05, 4.69) is 34.1 Å². The Labute approximate surface area is 97.1 Å². The summed E-state index contributed by atoms with van der Waals surface area (Å²) >= 11 is 5.30. The van der Waals surface area contributed by atoms with Crippen LogP contribution < -0.4 is 5.73 Å². The van der Waals surface area contributed by atoms with E-state index in [9.17, 15) is 0 Å².